The number of hydrogen-bond donors (Lipinski definition) is 1. The molecule has 1 saturated heterocycles. The van der Waals surface area contributed by atoms with Crippen molar-refractivity contribution in [3.63, 3.8) is 0 Å². The fraction of sp³-hybridized carbons (Fsp3) is 0.474. The minimum absolute atomic E-state index is 0.299. The van der Waals surface area contributed by atoms with Crippen LogP contribution in [0.4, 0.5) is 0 Å². The fourth-order valence-corrected chi connectivity index (χ4v) is 4.60. The SMILES string of the molecule is c1cc(OC2CCN(Cc3nnc(C4CC4)s3)CC2)c2cc[nH]c2c1. The maximum atomic E-state index is 6.30. The quantitative estimate of drug-likeness (QED) is 0.754. The Bertz CT molecular complexity index is 861. The number of piperidine rings is 1. The molecule has 1 aliphatic carbocycles. The maximum Gasteiger partial charge on any atom is 0.131 e. The molecule has 0 spiro atoms. The number of rotatable bonds is 5. The number of likely N-dealkylation sites (tertiary alicyclic amines) is 1. The van der Waals surface area contributed by atoms with Crippen molar-refractivity contribution in [2.75, 3.05) is 13.1 Å². The van der Waals surface area contributed by atoms with E-state index < -0.39 is 0 Å². The first-order valence-electron chi connectivity index (χ1n) is 9.12. The highest BCUT2D eigenvalue weighted by Gasteiger charge is 2.28. The predicted molar refractivity (Wildman–Crippen MR) is 99.1 cm³/mol. The summed E-state index contributed by atoms with van der Waals surface area (Å²) in [6.07, 6.45) is 6.99. The molecule has 0 atom stereocenters. The molecule has 3 aromatic rings. The number of nitrogens with zero attached hydrogens (tertiary/aromatic N) is 3. The van der Waals surface area contributed by atoms with Crippen LogP contribution in [0.1, 0.15) is 41.6 Å². The molecule has 2 fully saturated rings. The van der Waals surface area contributed by atoms with Crippen molar-refractivity contribution in [1.29, 1.82) is 0 Å². The van der Waals surface area contributed by atoms with Gasteiger partial charge in [0.2, 0.25) is 0 Å². The van der Waals surface area contributed by atoms with Crippen LogP contribution in [0.15, 0.2) is 30.5 Å². The highest BCUT2D eigenvalue weighted by Crippen LogP contribution is 2.41. The molecule has 130 valence electrons. The van der Waals surface area contributed by atoms with E-state index in [4.69, 9.17) is 4.74 Å². The van der Waals surface area contributed by atoms with E-state index in [0.717, 1.165) is 43.7 Å². The van der Waals surface area contributed by atoms with E-state index in [-0.39, 0.29) is 0 Å². The van der Waals surface area contributed by atoms with Gasteiger partial charge in [-0.3, -0.25) is 4.90 Å². The van der Waals surface area contributed by atoms with E-state index >= 15 is 0 Å². The number of benzene rings is 1. The molecule has 2 aliphatic rings. The summed E-state index contributed by atoms with van der Waals surface area (Å²) < 4.78 is 6.30. The lowest BCUT2D eigenvalue weighted by Gasteiger charge is -2.31. The smallest absolute Gasteiger partial charge is 0.131 e. The topological polar surface area (TPSA) is 54.0 Å². The number of aromatic nitrogens is 3. The summed E-state index contributed by atoms with van der Waals surface area (Å²) in [6.45, 7) is 3.06. The zero-order valence-corrected chi connectivity index (χ0v) is 15.0. The van der Waals surface area contributed by atoms with Gasteiger partial charge in [0, 0.05) is 36.1 Å². The van der Waals surface area contributed by atoms with Crippen molar-refractivity contribution < 1.29 is 4.74 Å². The van der Waals surface area contributed by atoms with Crippen molar-refractivity contribution >= 4 is 22.2 Å². The second-order valence-corrected chi connectivity index (χ2v) is 8.19. The lowest BCUT2D eigenvalue weighted by atomic mass is 10.1. The van der Waals surface area contributed by atoms with Crippen LogP contribution < -0.4 is 4.74 Å². The van der Waals surface area contributed by atoms with E-state index in [1.165, 1.54) is 28.2 Å². The highest BCUT2D eigenvalue weighted by atomic mass is 32.1. The second kappa shape index (κ2) is 6.42. The molecule has 1 N–H and O–H groups in total. The summed E-state index contributed by atoms with van der Waals surface area (Å²) in [5.41, 5.74) is 1.14. The van der Waals surface area contributed by atoms with Crippen molar-refractivity contribution in [2.45, 2.75) is 44.2 Å². The number of aromatic amines is 1. The number of fused-ring (bicyclic) bond motifs is 1. The molecule has 2 aromatic heterocycles. The largest absolute Gasteiger partial charge is 0.490 e. The molecule has 1 aliphatic heterocycles. The van der Waals surface area contributed by atoms with Gasteiger partial charge in [0.15, 0.2) is 0 Å². The van der Waals surface area contributed by atoms with Crippen LogP contribution in [-0.4, -0.2) is 39.3 Å². The van der Waals surface area contributed by atoms with Gasteiger partial charge >= 0.3 is 0 Å². The molecule has 25 heavy (non-hydrogen) atoms. The molecule has 5 nitrogen and oxygen atoms in total. The molecule has 6 heteroatoms. The third-order valence-corrected chi connectivity index (χ3v) is 6.22. The fourth-order valence-electron chi connectivity index (χ4n) is 3.54. The Morgan fingerprint density at radius 2 is 2.00 bits per heavy atom. The van der Waals surface area contributed by atoms with Crippen molar-refractivity contribution in [2.24, 2.45) is 0 Å². The van der Waals surface area contributed by atoms with Crippen LogP contribution in [0.2, 0.25) is 0 Å². The van der Waals surface area contributed by atoms with Gasteiger partial charge in [-0.2, -0.15) is 0 Å². The number of H-pyrrole nitrogens is 1. The first-order valence-corrected chi connectivity index (χ1v) is 9.94. The molecule has 0 radical (unpaired) electrons. The molecule has 1 saturated carbocycles. The summed E-state index contributed by atoms with van der Waals surface area (Å²) in [6, 6.07) is 8.30. The standard InChI is InChI=1S/C19H22N4OS/c1-2-16-15(6-9-20-16)17(3-1)24-14-7-10-23(11-8-14)12-18-21-22-19(25-18)13-4-5-13/h1-3,6,9,13-14,20H,4-5,7-8,10-12H2. The molecule has 1 aromatic carbocycles. The average molecular weight is 354 g/mol. The van der Waals surface area contributed by atoms with Crippen molar-refractivity contribution in [1.82, 2.24) is 20.1 Å². The lowest BCUT2D eigenvalue weighted by Crippen LogP contribution is -2.37. The summed E-state index contributed by atoms with van der Waals surface area (Å²) in [4.78, 5) is 5.73. The summed E-state index contributed by atoms with van der Waals surface area (Å²) >= 11 is 1.80. The first kappa shape index (κ1) is 15.3. The number of ether oxygens (including phenoxy) is 1. The molecule has 3 heterocycles. The number of nitrogens with one attached hydrogen (secondary N) is 1. The van der Waals surface area contributed by atoms with E-state index in [0.29, 0.717) is 12.0 Å². The van der Waals surface area contributed by atoms with Crippen molar-refractivity contribution in [3.8, 4) is 5.75 Å². The number of hydrogen-bond acceptors (Lipinski definition) is 5. The Hall–Kier alpha value is -1.92. The van der Waals surface area contributed by atoms with Gasteiger partial charge < -0.3 is 9.72 Å². The monoisotopic (exact) mass is 354 g/mol. The lowest BCUT2D eigenvalue weighted by molar-refractivity contribution is 0.0978. The van der Waals surface area contributed by atoms with Crippen molar-refractivity contribution in [3.05, 3.63) is 40.5 Å². The average Bonchev–Trinajstić information content (AvgIpc) is 3.18. The molecular weight excluding hydrogens is 332 g/mol. The Kier molecular flexibility index (Phi) is 3.94. The Labute approximate surface area is 151 Å². The Balaban J connectivity index is 1.17. The van der Waals surface area contributed by atoms with Gasteiger partial charge in [0.05, 0.1) is 6.54 Å². The first-order chi connectivity index (χ1) is 12.3. The van der Waals surface area contributed by atoms with E-state index in [9.17, 15) is 0 Å². The summed E-state index contributed by atoms with van der Waals surface area (Å²) in [7, 11) is 0. The van der Waals surface area contributed by atoms with E-state index in [1.54, 1.807) is 11.3 Å². The van der Waals surface area contributed by atoms with Crippen LogP contribution in [0.3, 0.4) is 0 Å². The third-order valence-electron chi connectivity index (χ3n) is 5.15. The molecular formula is C19H22N4OS. The highest BCUT2D eigenvalue weighted by molar-refractivity contribution is 7.11. The minimum Gasteiger partial charge on any atom is -0.490 e. The molecule has 0 unspecified atom stereocenters. The summed E-state index contributed by atoms with van der Waals surface area (Å²) in [5.74, 6) is 1.71. The van der Waals surface area contributed by atoms with Gasteiger partial charge in [0.1, 0.15) is 21.9 Å². The minimum atomic E-state index is 0.299. The normalized spacial score (nSPS) is 19.5. The van der Waals surface area contributed by atoms with Gasteiger partial charge in [-0.25, -0.2) is 0 Å². The maximum absolute atomic E-state index is 6.30. The van der Waals surface area contributed by atoms with Crippen LogP contribution in [0, 0.1) is 0 Å². The predicted octanol–water partition coefficient (Wildman–Crippen LogP) is 3.94. The zero-order valence-electron chi connectivity index (χ0n) is 14.1. The molecule has 5 rings (SSSR count). The van der Waals surface area contributed by atoms with E-state index in [2.05, 4.69) is 44.3 Å². The third kappa shape index (κ3) is 3.28. The van der Waals surface area contributed by atoms with E-state index in [1.807, 2.05) is 6.20 Å². The van der Waals surface area contributed by atoms with Crippen LogP contribution >= 0.6 is 11.3 Å². The second-order valence-electron chi connectivity index (χ2n) is 7.10. The van der Waals surface area contributed by atoms with Crippen LogP contribution in [0.5, 0.6) is 5.75 Å². The van der Waals surface area contributed by atoms with Gasteiger partial charge in [-0.05, 0) is 43.9 Å². The van der Waals surface area contributed by atoms with Crippen LogP contribution in [-0.2, 0) is 6.54 Å². The molecule has 0 amide bonds. The molecule has 0 bridgehead atoms. The van der Waals surface area contributed by atoms with Crippen LogP contribution in [0.25, 0.3) is 10.9 Å². The Morgan fingerprint density at radius 1 is 1.12 bits per heavy atom. The van der Waals surface area contributed by atoms with Gasteiger partial charge in [0.25, 0.3) is 0 Å². The van der Waals surface area contributed by atoms with Gasteiger partial charge in [-0.15, -0.1) is 10.2 Å². The summed E-state index contributed by atoms with van der Waals surface area (Å²) in [5, 5.41) is 12.3. The zero-order chi connectivity index (χ0) is 16.6. The van der Waals surface area contributed by atoms with Gasteiger partial charge in [-0.1, -0.05) is 17.4 Å². The Morgan fingerprint density at radius 3 is 2.84 bits per heavy atom.